The van der Waals surface area contributed by atoms with Gasteiger partial charge in [-0.25, -0.2) is 0 Å². The quantitative estimate of drug-likeness (QED) is 0.546. The van der Waals surface area contributed by atoms with Crippen LogP contribution in [0.1, 0.15) is 40.2 Å². The van der Waals surface area contributed by atoms with Crippen LogP contribution in [0.2, 0.25) is 0 Å². The Bertz CT molecular complexity index is 739. The van der Waals surface area contributed by atoms with E-state index in [-0.39, 0.29) is 11.9 Å². The maximum atomic E-state index is 13.0. The smallest absolute Gasteiger partial charge is 0.245 e. The van der Waals surface area contributed by atoms with Gasteiger partial charge in [0.05, 0.1) is 0 Å². The molecule has 2 N–H and O–H groups in total. The molecule has 0 spiro atoms. The number of carbonyl (C=O) groups excluding carboxylic acids is 1. The van der Waals surface area contributed by atoms with Crippen molar-refractivity contribution in [3.8, 4) is 0 Å². The highest BCUT2D eigenvalue weighted by Crippen LogP contribution is 2.09. The molecular formula is C25H34N2O. The molecule has 28 heavy (non-hydrogen) atoms. The van der Waals surface area contributed by atoms with Gasteiger partial charge in [0.2, 0.25) is 5.91 Å². The summed E-state index contributed by atoms with van der Waals surface area (Å²) in [6.45, 7) is 9.94. The maximum absolute atomic E-state index is 13.0. The Morgan fingerprint density at radius 2 is 1.71 bits per heavy atom. The largest absolute Gasteiger partial charge is 0.325 e. The summed E-state index contributed by atoms with van der Waals surface area (Å²) >= 11 is 0. The van der Waals surface area contributed by atoms with Crippen molar-refractivity contribution in [1.82, 2.24) is 10.6 Å². The maximum Gasteiger partial charge on any atom is 0.245 e. The minimum atomic E-state index is -0.403. The van der Waals surface area contributed by atoms with Crippen LogP contribution in [0.5, 0.6) is 0 Å². The minimum absolute atomic E-state index is 0.0589. The van der Waals surface area contributed by atoms with Crippen molar-refractivity contribution in [2.45, 2.75) is 53.1 Å². The molecule has 1 unspecified atom stereocenters. The van der Waals surface area contributed by atoms with Crippen molar-refractivity contribution >= 4 is 5.91 Å². The molecule has 0 aliphatic rings. The Morgan fingerprint density at radius 3 is 2.32 bits per heavy atom. The molecule has 0 aromatic heterocycles. The van der Waals surface area contributed by atoms with Gasteiger partial charge >= 0.3 is 0 Å². The van der Waals surface area contributed by atoms with Crippen molar-refractivity contribution in [3.05, 3.63) is 95.8 Å². The van der Waals surface area contributed by atoms with Crippen molar-refractivity contribution in [2.24, 2.45) is 0 Å². The van der Waals surface area contributed by atoms with Gasteiger partial charge < -0.3 is 5.32 Å². The van der Waals surface area contributed by atoms with Gasteiger partial charge in [0.1, 0.15) is 6.04 Å². The molecule has 1 rings (SSSR count). The van der Waals surface area contributed by atoms with Gasteiger partial charge in [-0.2, -0.15) is 0 Å². The lowest BCUT2D eigenvalue weighted by atomic mass is 10.0. The number of rotatable bonds is 10. The Balaban J connectivity index is 2.93. The van der Waals surface area contributed by atoms with Gasteiger partial charge in [-0.15, -0.1) is 0 Å². The predicted molar refractivity (Wildman–Crippen MR) is 121 cm³/mol. The topological polar surface area (TPSA) is 41.1 Å². The Morgan fingerprint density at radius 1 is 1.04 bits per heavy atom. The second-order valence-electron chi connectivity index (χ2n) is 6.75. The highest BCUT2D eigenvalue weighted by Gasteiger charge is 2.22. The Labute approximate surface area is 170 Å². The Hall–Kier alpha value is -2.65. The van der Waals surface area contributed by atoms with Crippen LogP contribution in [0.3, 0.4) is 0 Å². The lowest BCUT2D eigenvalue weighted by Crippen LogP contribution is -2.48. The lowest BCUT2D eigenvalue weighted by Gasteiger charge is -2.24. The third-order valence-corrected chi connectivity index (χ3v) is 4.26. The van der Waals surface area contributed by atoms with E-state index in [4.69, 9.17) is 0 Å². The fourth-order valence-electron chi connectivity index (χ4n) is 2.76. The summed E-state index contributed by atoms with van der Waals surface area (Å²) in [5.41, 5.74) is 3.01. The molecule has 1 aromatic rings. The van der Waals surface area contributed by atoms with E-state index >= 15 is 0 Å². The number of benzene rings is 1. The van der Waals surface area contributed by atoms with Crippen LogP contribution < -0.4 is 10.6 Å². The van der Waals surface area contributed by atoms with Crippen molar-refractivity contribution in [3.63, 3.8) is 0 Å². The van der Waals surface area contributed by atoms with Gasteiger partial charge in [0, 0.05) is 11.7 Å². The lowest BCUT2D eigenvalue weighted by molar-refractivity contribution is -0.121. The van der Waals surface area contributed by atoms with Crippen LogP contribution >= 0.6 is 0 Å². The summed E-state index contributed by atoms with van der Waals surface area (Å²) in [6, 6.07) is 10.1. The molecule has 150 valence electrons. The molecule has 1 aromatic carbocycles. The second kappa shape index (κ2) is 13.5. The molecule has 3 nitrogen and oxygen atoms in total. The zero-order chi connectivity index (χ0) is 20.8. The van der Waals surface area contributed by atoms with E-state index in [2.05, 4.69) is 29.7 Å². The van der Waals surface area contributed by atoms with Gasteiger partial charge in [0.25, 0.3) is 0 Å². The van der Waals surface area contributed by atoms with E-state index in [1.807, 2.05) is 94.5 Å². The minimum Gasteiger partial charge on any atom is -0.325 e. The molecule has 0 aliphatic heterocycles. The number of carbonyl (C=O) groups is 1. The van der Waals surface area contributed by atoms with Crippen molar-refractivity contribution in [1.29, 1.82) is 0 Å². The summed E-state index contributed by atoms with van der Waals surface area (Å²) in [5.74, 6) is -0.0589. The van der Waals surface area contributed by atoms with Crippen LogP contribution in [0, 0.1) is 0 Å². The highest BCUT2D eigenvalue weighted by atomic mass is 16.2. The molecular weight excluding hydrogens is 344 g/mol. The molecule has 0 radical (unpaired) electrons. The number of nitrogens with one attached hydrogen (secondary N) is 2. The third kappa shape index (κ3) is 8.83. The van der Waals surface area contributed by atoms with Gasteiger partial charge in [-0.05, 0) is 58.3 Å². The first-order valence-corrected chi connectivity index (χ1v) is 9.87. The van der Waals surface area contributed by atoms with E-state index in [9.17, 15) is 4.79 Å². The second-order valence-corrected chi connectivity index (χ2v) is 6.75. The molecule has 0 aliphatic carbocycles. The monoisotopic (exact) mass is 378 g/mol. The first kappa shape index (κ1) is 23.4. The predicted octanol–water partition coefficient (Wildman–Crippen LogP) is 5.25. The van der Waals surface area contributed by atoms with Crippen molar-refractivity contribution < 1.29 is 4.79 Å². The van der Waals surface area contributed by atoms with Crippen LogP contribution in [-0.4, -0.2) is 18.0 Å². The zero-order valence-electron chi connectivity index (χ0n) is 17.8. The summed E-state index contributed by atoms with van der Waals surface area (Å²) in [6.07, 6.45) is 16.4. The van der Waals surface area contributed by atoms with E-state index in [0.717, 1.165) is 17.7 Å². The zero-order valence-corrected chi connectivity index (χ0v) is 17.8. The Kier molecular flexibility index (Phi) is 11.3. The SMILES string of the molecule is C\C=C/C=C\C(=C/C)NC(=O)[C@H](NC(C)Cc1ccccc1)/C(C)=C/C=C\C. The number of hydrogen-bond donors (Lipinski definition) is 2. The van der Waals surface area contributed by atoms with E-state index in [0.29, 0.717) is 0 Å². The first-order chi connectivity index (χ1) is 13.5. The third-order valence-electron chi connectivity index (χ3n) is 4.26. The molecule has 0 saturated heterocycles. The summed E-state index contributed by atoms with van der Waals surface area (Å²) < 4.78 is 0. The molecule has 1 amide bonds. The number of hydrogen-bond acceptors (Lipinski definition) is 2. The van der Waals surface area contributed by atoms with E-state index < -0.39 is 6.04 Å². The number of allylic oxidation sites excluding steroid dienone is 8. The standard InChI is InChI=1S/C25H34N2O/c1-6-9-12-18-23(8-3)27-25(28)24(20(4)15-10-7-2)26-21(5)19-22-16-13-11-14-17-22/h6-18,21,24,26H,19H2,1-5H3,(H,27,28)/b9-6-,10-7-,18-12-,20-15+,23-8+/t21?,24-/m1/s1. The van der Waals surface area contributed by atoms with Crippen LogP contribution in [-0.2, 0) is 11.2 Å². The average Bonchev–Trinajstić information content (AvgIpc) is 2.70. The average molecular weight is 379 g/mol. The number of amides is 1. The fourth-order valence-corrected chi connectivity index (χ4v) is 2.76. The highest BCUT2D eigenvalue weighted by molar-refractivity contribution is 5.86. The molecule has 0 saturated carbocycles. The fraction of sp³-hybridized carbons (Fsp3) is 0.320. The molecule has 0 heterocycles. The summed E-state index contributed by atoms with van der Waals surface area (Å²) in [5, 5.41) is 6.52. The van der Waals surface area contributed by atoms with Gasteiger partial charge in [-0.1, -0.05) is 72.9 Å². The molecule has 3 heteroatoms. The molecule has 0 bridgehead atoms. The van der Waals surface area contributed by atoms with Crippen molar-refractivity contribution in [2.75, 3.05) is 0 Å². The molecule has 2 atom stereocenters. The van der Waals surface area contributed by atoms with Crippen LogP contribution in [0.4, 0.5) is 0 Å². The van der Waals surface area contributed by atoms with Gasteiger partial charge in [0.15, 0.2) is 0 Å². The van der Waals surface area contributed by atoms with E-state index in [1.54, 1.807) is 0 Å². The first-order valence-electron chi connectivity index (χ1n) is 9.87. The summed E-state index contributed by atoms with van der Waals surface area (Å²) in [7, 11) is 0. The summed E-state index contributed by atoms with van der Waals surface area (Å²) in [4.78, 5) is 13.0. The normalized spacial score (nSPS) is 15.5. The van der Waals surface area contributed by atoms with Crippen LogP contribution in [0.15, 0.2) is 90.2 Å². The van der Waals surface area contributed by atoms with E-state index in [1.165, 1.54) is 5.56 Å². The van der Waals surface area contributed by atoms with Crippen LogP contribution in [0.25, 0.3) is 0 Å². The molecule has 0 fully saturated rings. The van der Waals surface area contributed by atoms with Gasteiger partial charge in [-0.3, -0.25) is 10.1 Å².